The maximum Gasteiger partial charge on any atom is 0.245 e. The van der Waals surface area contributed by atoms with Crippen molar-refractivity contribution in [1.29, 1.82) is 0 Å². The van der Waals surface area contributed by atoms with Gasteiger partial charge in [0.1, 0.15) is 24.2 Å². The van der Waals surface area contributed by atoms with Crippen molar-refractivity contribution in [1.82, 2.24) is 26.2 Å². The van der Waals surface area contributed by atoms with Gasteiger partial charge in [-0.2, -0.15) is 0 Å². The van der Waals surface area contributed by atoms with Gasteiger partial charge in [0.05, 0.1) is 29.8 Å². The first-order valence-corrected chi connectivity index (χ1v) is 13.4. The molecule has 5 N–H and O–H groups in total. The van der Waals surface area contributed by atoms with Crippen LogP contribution in [0.5, 0.6) is 0 Å². The van der Waals surface area contributed by atoms with E-state index in [9.17, 15) is 29.1 Å². The van der Waals surface area contributed by atoms with Crippen molar-refractivity contribution in [3.63, 3.8) is 0 Å². The number of hydrogen-bond donors (Lipinski definition) is 5. The Bertz CT molecular complexity index is 1040. The highest BCUT2D eigenvalue weighted by Crippen LogP contribution is 2.29. The standard InChI is InChI=1S/C25H33Cl2N5O6/c1-3-15-22(35)31-18(12-33)23(36)30-17(13-8-6-5-7-9-13)10-19(34)28-16(4-2)25(38)32-11-14(26)20(27)21(32)24(37)29-15/h5-9,14-18,20-21,33H,3-4,10-12H2,1-2H3,(H,28,34)(H,29,37)(H,30,36)(H,31,35)/t14-,15+,16+,17?,18+,20-,21+/m1/s1. The van der Waals surface area contributed by atoms with Crippen molar-refractivity contribution >= 4 is 52.7 Å². The molecule has 2 aliphatic rings. The zero-order valence-electron chi connectivity index (χ0n) is 21.2. The highest BCUT2D eigenvalue weighted by molar-refractivity contribution is 6.32. The van der Waals surface area contributed by atoms with Gasteiger partial charge >= 0.3 is 0 Å². The molecule has 2 fully saturated rings. The lowest BCUT2D eigenvalue weighted by Crippen LogP contribution is -2.60. The number of alkyl halides is 2. The quantitative estimate of drug-likeness (QED) is 0.320. The molecule has 2 saturated heterocycles. The molecule has 11 nitrogen and oxygen atoms in total. The van der Waals surface area contributed by atoms with Gasteiger partial charge in [-0.25, -0.2) is 0 Å². The fraction of sp³-hybridized carbons (Fsp3) is 0.560. The molecule has 208 valence electrons. The summed E-state index contributed by atoms with van der Waals surface area (Å²) in [4.78, 5) is 67.0. The minimum Gasteiger partial charge on any atom is -0.394 e. The van der Waals surface area contributed by atoms with E-state index in [2.05, 4.69) is 21.3 Å². The molecular formula is C25H33Cl2N5O6. The molecule has 1 unspecified atom stereocenters. The third-order valence-electron chi connectivity index (χ3n) is 6.71. The molecule has 3 rings (SSSR count). The summed E-state index contributed by atoms with van der Waals surface area (Å²) in [5.74, 6) is -3.16. The molecule has 0 spiro atoms. The summed E-state index contributed by atoms with van der Waals surface area (Å²) in [7, 11) is 0. The fourth-order valence-electron chi connectivity index (χ4n) is 4.55. The smallest absolute Gasteiger partial charge is 0.245 e. The molecule has 5 amide bonds. The molecular weight excluding hydrogens is 537 g/mol. The number of amides is 5. The van der Waals surface area contributed by atoms with Crippen LogP contribution >= 0.6 is 23.2 Å². The van der Waals surface area contributed by atoms with Crippen LogP contribution in [-0.2, 0) is 24.0 Å². The number of carbonyl (C=O) groups is 5. The normalized spacial score (nSPS) is 31.7. The Morgan fingerprint density at radius 3 is 2.05 bits per heavy atom. The van der Waals surface area contributed by atoms with Crippen molar-refractivity contribution in [2.45, 2.75) is 74.1 Å². The van der Waals surface area contributed by atoms with E-state index >= 15 is 0 Å². The molecule has 13 heteroatoms. The molecule has 2 heterocycles. The second-order valence-electron chi connectivity index (χ2n) is 9.31. The summed E-state index contributed by atoms with van der Waals surface area (Å²) in [5.41, 5.74) is 0.618. The predicted octanol–water partition coefficient (Wildman–Crippen LogP) is -0.0601. The molecule has 0 bridgehead atoms. The van der Waals surface area contributed by atoms with Crippen LogP contribution in [0.4, 0.5) is 0 Å². The lowest BCUT2D eigenvalue weighted by molar-refractivity contribution is -0.142. The molecule has 1 aromatic carbocycles. The Kier molecular flexibility index (Phi) is 10.3. The highest BCUT2D eigenvalue weighted by atomic mass is 35.5. The summed E-state index contributed by atoms with van der Waals surface area (Å²) in [6.45, 7) is 2.64. The molecule has 0 radical (unpaired) electrons. The lowest BCUT2D eigenvalue weighted by Gasteiger charge is -2.31. The van der Waals surface area contributed by atoms with Crippen LogP contribution in [0.2, 0.25) is 0 Å². The van der Waals surface area contributed by atoms with Crippen LogP contribution in [0.3, 0.4) is 0 Å². The van der Waals surface area contributed by atoms with Crippen molar-refractivity contribution in [3.8, 4) is 0 Å². The molecule has 0 aliphatic carbocycles. The summed E-state index contributed by atoms with van der Waals surface area (Å²) >= 11 is 12.8. The van der Waals surface area contributed by atoms with E-state index in [4.69, 9.17) is 23.2 Å². The molecule has 7 atom stereocenters. The van der Waals surface area contributed by atoms with Crippen LogP contribution in [0, 0.1) is 0 Å². The zero-order chi connectivity index (χ0) is 28.0. The number of aliphatic hydroxyl groups excluding tert-OH is 1. The van der Waals surface area contributed by atoms with Crippen LogP contribution in [0.1, 0.15) is 44.7 Å². The first-order valence-electron chi connectivity index (χ1n) is 12.6. The van der Waals surface area contributed by atoms with Gasteiger partial charge in [0, 0.05) is 6.54 Å². The van der Waals surface area contributed by atoms with Gasteiger partial charge < -0.3 is 31.3 Å². The number of nitrogens with one attached hydrogen (secondary N) is 4. The van der Waals surface area contributed by atoms with Crippen molar-refractivity contribution in [2.24, 2.45) is 0 Å². The Hall–Kier alpha value is -2.89. The van der Waals surface area contributed by atoms with Gasteiger partial charge in [-0.3, -0.25) is 24.0 Å². The Morgan fingerprint density at radius 1 is 0.842 bits per heavy atom. The number of hydrogen-bond acceptors (Lipinski definition) is 6. The molecule has 0 aromatic heterocycles. The topological polar surface area (TPSA) is 157 Å². The maximum atomic E-state index is 13.5. The van der Waals surface area contributed by atoms with E-state index in [0.29, 0.717) is 5.56 Å². The highest BCUT2D eigenvalue weighted by Gasteiger charge is 2.48. The number of carbonyl (C=O) groups excluding carboxylic acids is 5. The summed E-state index contributed by atoms with van der Waals surface area (Å²) in [6.07, 6.45) is 0.170. The number of halogens is 2. The van der Waals surface area contributed by atoms with Gasteiger partial charge in [0.25, 0.3) is 0 Å². The average molecular weight is 570 g/mol. The molecule has 1 aromatic rings. The Labute approximate surface area is 231 Å². The number of fused-ring (bicyclic) bond motifs is 1. The van der Waals surface area contributed by atoms with E-state index in [1.807, 2.05) is 0 Å². The molecule has 2 aliphatic heterocycles. The number of aliphatic hydroxyl groups is 1. The van der Waals surface area contributed by atoms with Crippen LogP contribution in [-0.4, -0.2) is 87.6 Å². The van der Waals surface area contributed by atoms with Gasteiger partial charge in [-0.1, -0.05) is 44.2 Å². The minimum atomic E-state index is -1.34. The summed E-state index contributed by atoms with van der Waals surface area (Å²) < 4.78 is 0. The number of benzene rings is 1. The van der Waals surface area contributed by atoms with E-state index in [1.54, 1.807) is 44.2 Å². The third-order valence-corrected chi connectivity index (χ3v) is 7.79. The van der Waals surface area contributed by atoms with E-state index in [1.165, 1.54) is 4.90 Å². The Balaban J connectivity index is 2.00. The lowest BCUT2D eigenvalue weighted by atomic mass is 10.0. The van der Waals surface area contributed by atoms with E-state index < -0.39 is 77.1 Å². The van der Waals surface area contributed by atoms with Crippen LogP contribution < -0.4 is 21.3 Å². The molecule has 38 heavy (non-hydrogen) atoms. The van der Waals surface area contributed by atoms with Crippen molar-refractivity contribution in [3.05, 3.63) is 35.9 Å². The SMILES string of the molecule is CC[C@@H]1NC(=O)[C@@H]2[C@H](Cl)[C@H](Cl)CN2C(=O)[C@H](CC)NC(=O)CC(c2ccccc2)NC(=O)[C@H](CO)NC1=O. The summed E-state index contributed by atoms with van der Waals surface area (Å²) in [5, 5.41) is 18.6. The number of rotatable bonds is 4. The second kappa shape index (κ2) is 13.3. The van der Waals surface area contributed by atoms with E-state index in [-0.39, 0.29) is 25.8 Å². The van der Waals surface area contributed by atoms with Crippen LogP contribution in [0.15, 0.2) is 30.3 Å². The largest absolute Gasteiger partial charge is 0.394 e. The minimum absolute atomic E-state index is 0.0166. The Morgan fingerprint density at radius 2 is 1.45 bits per heavy atom. The maximum absolute atomic E-state index is 13.5. The van der Waals surface area contributed by atoms with Gasteiger partial charge in [0.2, 0.25) is 29.5 Å². The van der Waals surface area contributed by atoms with Crippen molar-refractivity contribution < 1.29 is 29.1 Å². The number of nitrogens with zero attached hydrogens (tertiary/aromatic N) is 1. The molecule has 0 saturated carbocycles. The van der Waals surface area contributed by atoms with Crippen molar-refractivity contribution in [2.75, 3.05) is 13.2 Å². The first-order chi connectivity index (χ1) is 18.1. The van der Waals surface area contributed by atoms with Gasteiger partial charge in [-0.15, -0.1) is 23.2 Å². The average Bonchev–Trinajstić information content (AvgIpc) is 3.21. The van der Waals surface area contributed by atoms with E-state index in [0.717, 1.165) is 0 Å². The monoisotopic (exact) mass is 569 g/mol. The second-order valence-corrected chi connectivity index (χ2v) is 10.4. The van der Waals surface area contributed by atoms with Crippen LogP contribution in [0.25, 0.3) is 0 Å². The fourth-order valence-corrected chi connectivity index (χ4v) is 5.17. The van der Waals surface area contributed by atoms with Gasteiger partial charge in [0.15, 0.2) is 0 Å². The first kappa shape index (κ1) is 29.7. The third kappa shape index (κ3) is 6.75. The zero-order valence-corrected chi connectivity index (χ0v) is 22.7. The predicted molar refractivity (Wildman–Crippen MR) is 140 cm³/mol. The summed E-state index contributed by atoms with van der Waals surface area (Å²) in [6, 6.07) is 3.36. The van der Waals surface area contributed by atoms with Gasteiger partial charge in [-0.05, 0) is 18.4 Å².